The average Bonchev–Trinajstić information content (AvgIpc) is 3.79. The zero-order valence-electron chi connectivity index (χ0n) is 30.3. The van der Waals surface area contributed by atoms with Crippen LogP contribution in [0.4, 0.5) is 0 Å². The fourth-order valence-corrected chi connectivity index (χ4v) is 8.91. The Labute approximate surface area is 322 Å². The van der Waals surface area contributed by atoms with Crippen molar-refractivity contribution in [2.75, 3.05) is 0 Å². The van der Waals surface area contributed by atoms with E-state index in [9.17, 15) is 0 Å². The third-order valence-corrected chi connectivity index (χ3v) is 11.5. The van der Waals surface area contributed by atoms with Gasteiger partial charge in [-0.2, -0.15) is 0 Å². The molecule has 3 heterocycles. The SMILES string of the molecule is c1ccc(-n2c3ccccc3c3ccc(-c4ccc5ccc6c(c5c4)c4ccccc4n6-c4nc(-c5ccc6ccccc6c5)c5ccccc5n4)cc32)cc1. The maximum atomic E-state index is 5.40. The molecule has 4 heteroatoms. The van der Waals surface area contributed by atoms with Crippen molar-refractivity contribution in [3.8, 4) is 34.0 Å². The number of hydrogen-bond donors (Lipinski definition) is 0. The molecule has 0 amide bonds. The second-order valence-corrected chi connectivity index (χ2v) is 14.6. The molecule has 0 spiro atoms. The molecule has 4 nitrogen and oxygen atoms in total. The first-order chi connectivity index (χ1) is 27.8. The maximum absolute atomic E-state index is 5.40. The number of aromatic nitrogens is 4. The smallest absolute Gasteiger partial charge is 0.235 e. The quantitative estimate of drug-likeness (QED) is 0.182. The Hall–Kier alpha value is -7.56. The largest absolute Gasteiger partial charge is 0.309 e. The Balaban J connectivity index is 1.09. The van der Waals surface area contributed by atoms with Gasteiger partial charge in [0.15, 0.2) is 0 Å². The minimum absolute atomic E-state index is 0.660. The van der Waals surface area contributed by atoms with Gasteiger partial charge >= 0.3 is 0 Å². The summed E-state index contributed by atoms with van der Waals surface area (Å²) in [6, 6.07) is 69.7. The van der Waals surface area contributed by atoms with Crippen molar-refractivity contribution in [3.05, 3.63) is 194 Å². The van der Waals surface area contributed by atoms with Crippen LogP contribution in [-0.4, -0.2) is 19.1 Å². The summed E-state index contributed by atoms with van der Waals surface area (Å²) in [4.78, 5) is 10.6. The summed E-state index contributed by atoms with van der Waals surface area (Å²) in [5.74, 6) is 0.660. The molecule has 0 saturated carbocycles. The summed E-state index contributed by atoms with van der Waals surface area (Å²) in [6.45, 7) is 0. The Morgan fingerprint density at radius 1 is 0.321 bits per heavy atom. The van der Waals surface area contributed by atoms with Gasteiger partial charge in [-0.3, -0.25) is 4.57 Å². The van der Waals surface area contributed by atoms with Crippen molar-refractivity contribution >= 4 is 76.1 Å². The summed E-state index contributed by atoms with van der Waals surface area (Å²) < 4.78 is 4.63. The first-order valence-electron chi connectivity index (χ1n) is 19.1. The number of rotatable bonds is 4. The highest BCUT2D eigenvalue weighted by Gasteiger charge is 2.20. The van der Waals surface area contributed by atoms with Gasteiger partial charge in [0.1, 0.15) is 0 Å². The van der Waals surface area contributed by atoms with Gasteiger partial charge in [0, 0.05) is 38.2 Å². The molecule has 12 aromatic rings. The molecule has 9 aromatic carbocycles. The van der Waals surface area contributed by atoms with Gasteiger partial charge < -0.3 is 4.57 Å². The molecule has 12 rings (SSSR count). The van der Waals surface area contributed by atoms with Crippen molar-refractivity contribution in [1.29, 1.82) is 0 Å². The second kappa shape index (κ2) is 12.0. The van der Waals surface area contributed by atoms with Gasteiger partial charge in [0.2, 0.25) is 5.95 Å². The van der Waals surface area contributed by atoms with E-state index >= 15 is 0 Å². The zero-order valence-corrected chi connectivity index (χ0v) is 30.3. The fourth-order valence-electron chi connectivity index (χ4n) is 8.91. The van der Waals surface area contributed by atoms with E-state index < -0.39 is 0 Å². The minimum Gasteiger partial charge on any atom is -0.309 e. The van der Waals surface area contributed by atoms with E-state index in [1.54, 1.807) is 0 Å². The van der Waals surface area contributed by atoms with Gasteiger partial charge in [-0.05, 0) is 87.3 Å². The zero-order chi connectivity index (χ0) is 36.7. The highest BCUT2D eigenvalue weighted by molar-refractivity contribution is 6.22. The molecule has 0 bridgehead atoms. The molecular weight excluding hydrogens is 681 g/mol. The van der Waals surface area contributed by atoms with Crippen molar-refractivity contribution in [2.45, 2.75) is 0 Å². The van der Waals surface area contributed by atoms with Gasteiger partial charge in [0.25, 0.3) is 0 Å². The topological polar surface area (TPSA) is 35.6 Å². The molecule has 260 valence electrons. The Morgan fingerprint density at radius 3 is 1.82 bits per heavy atom. The van der Waals surface area contributed by atoms with Crippen LogP contribution in [0.1, 0.15) is 0 Å². The Bertz CT molecular complexity index is 3540. The summed E-state index contributed by atoms with van der Waals surface area (Å²) in [5, 5.41) is 10.7. The highest BCUT2D eigenvalue weighted by atomic mass is 15.2. The number of hydrogen-bond acceptors (Lipinski definition) is 2. The standard InChI is InChI=1S/C52H32N4/c1-2-14-39(15-3-1)55-46-20-10-7-16-40(46)41-28-26-37(32-49(41)55)36-24-23-34-27-29-48-50(44(34)31-36)43-18-8-11-21-47(43)56(48)52-53-45-19-9-6-17-42(45)51(54-52)38-25-22-33-12-4-5-13-35(33)30-38/h1-32H. The molecule has 0 atom stereocenters. The lowest BCUT2D eigenvalue weighted by molar-refractivity contribution is 1.01. The predicted octanol–water partition coefficient (Wildman–Crippen LogP) is 13.5. The van der Waals surface area contributed by atoms with E-state index in [2.05, 4.69) is 203 Å². The van der Waals surface area contributed by atoms with E-state index in [4.69, 9.17) is 9.97 Å². The highest BCUT2D eigenvalue weighted by Crippen LogP contribution is 2.40. The van der Waals surface area contributed by atoms with Crippen molar-refractivity contribution in [2.24, 2.45) is 0 Å². The minimum atomic E-state index is 0.660. The van der Waals surface area contributed by atoms with Crippen LogP contribution < -0.4 is 0 Å². The van der Waals surface area contributed by atoms with Crippen molar-refractivity contribution in [1.82, 2.24) is 19.1 Å². The van der Waals surface area contributed by atoms with Crippen LogP contribution in [0.5, 0.6) is 0 Å². The van der Waals surface area contributed by atoms with Crippen LogP contribution in [0.3, 0.4) is 0 Å². The number of benzene rings is 9. The third-order valence-electron chi connectivity index (χ3n) is 11.5. The van der Waals surface area contributed by atoms with E-state index in [0.29, 0.717) is 5.95 Å². The molecular formula is C52H32N4. The molecule has 0 unspecified atom stereocenters. The van der Waals surface area contributed by atoms with Crippen LogP contribution >= 0.6 is 0 Å². The number of para-hydroxylation sites is 4. The Morgan fingerprint density at radius 2 is 0.946 bits per heavy atom. The van der Waals surface area contributed by atoms with E-state index in [1.165, 1.54) is 65.3 Å². The second-order valence-electron chi connectivity index (χ2n) is 14.6. The van der Waals surface area contributed by atoms with Gasteiger partial charge in [-0.25, -0.2) is 9.97 Å². The molecule has 0 N–H and O–H groups in total. The molecule has 0 fully saturated rings. The number of nitrogens with zero attached hydrogens (tertiary/aromatic N) is 4. The van der Waals surface area contributed by atoms with Crippen LogP contribution in [0.25, 0.3) is 110 Å². The fraction of sp³-hybridized carbons (Fsp3) is 0. The molecule has 3 aromatic heterocycles. The van der Waals surface area contributed by atoms with E-state index in [0.717, 1.165) is 38.9 Å². The summed E-state index contributed by atoms with van der Waals surface area (Å²) in [7, 11) is 0. The maximum Gasteiger partial charge on any atom is 0.235 e. The normalized spacial score (nSPS) is 11.9. The van der Waals surface area contributed by atoms with Gasteiger partial charge in [-0.1, -0.05) is 140 Å². The monoisotopic (exact) mass is 712 g/mol. The van der Waals surface area contributed by atoms with Crippen LogP contribution in [0, 0.1) is 0 Å². The van der Waals surface area contributed by atoms with Gasteiger partial charge in [-0.15, -0.1) is 0 Å². The molecule has 56 heavy (non-hydrogen) atoms. The Kier molecular flexibility index (Phi) is 6.60. The van der Waals surface area contributed by atoms with E-state index in [1.807, 2.05) is 0 Å². The summed E-state index contributed by atoms with van der Waals surface area (Å²) >= 11 is 0. The summed E-state index contributed by atoms with van der Waals surface area (Å²) in [6.07, 6.45) is 0. The molecule has 0 saturated heterocycles. The van der Waals surface area contributed by atoms with E-state index in [-0.39, 0.29) is 0 Å². The molecule has 0 aliphatic carbocycles. The lowest BCUT2D eigenvalue weighted by atomic mass is 9.97. The lowest BCUT2D eigenvalue weighted by Gasteiger charge is -2.12. The van der Waals surface area contributed by atoms with Crippen LogP contribution in [0.15, 0.2) is 194 Å². The average molecular weight is 713 g/mol. The van der Waals surface area contributed by atoms with Crippen molar-refractivity contribution < 1.29 is 0 Å². The van der Waals surface area contributed by atoms with Crippen LogP contribution in [0.2, 0.25) is 0 Å². The molecule has 0 aliphatic rings. The first kappa shape index (κ1) is 30.9. The first-order valence-corrected chi connectivity index (χ1v) is 19.1. The van der Waals surface area contributed by atoms with Crippen molar-refractivity contribution in [3.63, 3.8) is 0 Å². The third kappa shape index (κ3) is 4.60. The van der Waals surface area contributed by atoms with Gasteiger partial charge in [0.05, 0.1) is 33.3 Å². The molecule has 0 aliphatic heterocycles. The predicted molar refractivity (Wildman–Crippen MR) is 234 cm³/mol. The summed E-state index contributed by atoms with van der Waals surface area (Å²) in [5.41, 5.74) is 11.0. The lowest BCUT2D eigenvalue weighted by Crippen LogP contribution is -2.03. The number of fused-ring (bicyclic) bond motifs is 10. The van der Waals surface area contributed by atoms with Crippen LogP contribution in [-0.2, 0) is 0 Å². The molecule has 0 radical (unpaired) electrons.